The molecule has 0 saturated heterocycles. The van der Waals surface area contributed by atoms with E-state index in [1.54, 1.807) is 0 Å². The van der Waals surface area contributed by atoms with Crippen LogP contribution in [0.15, 0.2) is 12.2 Å². The largest absolute Gasteiger partial charge is 0.590 e. The van der Waals surface area contributed by atoms with Gasteiger partial charge in [0.2, 0.25) is 0 Å². The van der Waals surface area contributed by atoms with Crippen molar-refractivity contribution in [3.63, 3.8) is 0 Å². The smallest absolute Gasteiger partial charge is 0.376 e. The first-order valence-electron chi connectivity index (χ1n) is 13.9. The molecule has 0 radical (unpaired) electrons. The van der Waals surface area contributed by atoms with Gasteiger partial charge in [0, 0.05) is 12.8 Å². The summed E-state index contributed by atoms with van der Waals surface area (Å²) in [5.74, 6) is 0. The first-order valence-corrected chi connectivity index (χ1v) is 15.1. The number of quaternary nitrogens is 1. The number of rotatable bonds is 23. The summed E-state index contributed by atoms with van der Waals surface area (Å²) in [7, 11) is 3.63. The zero-order valence-electron chi connectivity index (χ0n) is 22.5. The molecule has 0 bridgehead atoms. The van der Waals surface area contributed by atoms with Gasteiger partial charge in [0.05, 0.1) is 21.1 Å². The Morgan fingerprint density at radius 2 is 1.03 bits per heavy atom. The van der Waals surface area contributed by atoms with E-state index in [1.165, 1.54) is 103 Å². The maximum Gasteiger partial charge on any atom is 0.376 e. The van der Waals surface area contributed by atoms with Crippen molar-refractivity contribution < 1.29 is 13.9 Å². The lowest BCUT2D eigenvalue weighted by atomic mass is 10.0. The van der Waals surface area contributed by atoms with Gasteiger partial charge in [0.15, 0.2) is 0 Å². The molecule has 4 heteroatoms. The molecule has 0 saturated carbocycles. The van der Waals surface area contributed by atoms with Gasteiger partial charge in [0.1, 0.15) is 0 Å². The molecule has 2 unspecified atom stereocenters. The second kappa shape index (κ2) is 20.2. The maximum atomic E-state index is 11.9. The van der Waals surface area contributed by atoms with Crippen molar-refractivity contribution in [2.24, 2.45) is 0 Å². The van der Waals surface area contributed by atoms with E-state index in [4.69, 9.17) is 0 Å². The standard InChI is InChI=1S/C28H57NO2P/c1-6-8-9-10-11-12-13-14-15-16-17-18-19-20-21-22-23-24-25-26-27-28(7-2,32(30)31)29(3,4)5/h15-16H,6-14,17-27H2,1-5H3/q+1/b16-15-. The Morgan fingerprint density at radius 3 is 1.38 bits per heavy atom. The summed E-state index contributed by atoms with van der Waals surface area (Å²) in [6.45, 7) is 4.29. The molecule has 0 aromatic rings. The first-order chi connectivity index (χ1) is 15.3. The van der Waals surface area contributed by atoms with Crippen LogP contribution in [0.3, 0.4) is 0 Å². The van der Waals surface area contributed by atoms with Crippen molar-refractivity contribution in [1.29, 1.82) is 0 Å². The Morgan fingerprint density at radius 1 is 0.656 bits per heavy atom. The fraction of sp³-hybridized carbons (Fsp3) is 0.929. The molecule has 2 atom stereocenters. The monoisotopic (exact) mass is 470 g/mol. The molecule has 0 aromatic heterocycles. The third kappa shape index (κ3) is 14.8. The summed E-state index contributed by atoms with van der Waals surface area (Å²) in [5.41, 5.74) is 0. The Hall–Kier alpha value is -0.240. The molecule has 3 nitrogen and oxygen atoms in total. The molecule has 0 N–H and O–H groups in total. The predicted molar refractivity (Wildman–Crippen MR) is 141 cm³/mol. The molecule has 0 amide bonds. The molecule has 0 fully saturated rings. The van der Waals surface area contributed by atoms with Crippen molar-refractivity contribution in [2.75, 3.05) is 21.1 Å². The molecule has 0 spiro atoms. The van der Waals surface area contributed by atoms with Crippen LogP contribution in [0.4, 0.5) is 0 Å². The highest BCUT2D eigenvalue weighted by molar-refractivity contribution is 7.38. The second-order valence-electron chi connectivity index (χ2n) is 10.7. The van der Waals surface area contributed by atoms with Gasteiger partial charge in [-0.2, -0.15) is 0 Å². The summed E-state index contributed by atoms with van der Waals surface area (Å²) >= 11 is 0. The Bertz CT molecular complexity index is 473. The van der Waals surface area contributed by atoms with Crippen LogP contribution >= 0.6 is 8.03 Å². The molecule has 0 aliphatic heterocycles. The summed E-state index contributed by atoms with van der Waals surface area (Å²) in [6, 6.07) is 0. The van der Waals surface area contributed by atoms with Crippen LogP contribution in [0.1, 0.15) is 142 Å². The number of unbranched alkanes of at least 4 members (excludes halogenated alkanes) is 16. The van der Waals surface area contributed by atoms with Crippen LogP contribution in [0.5, 0.6) is 0 Å². The van der Waals surface area contributed by atoms with Gasteiger partial charge in [0.25, 0.3) is 5.28 Å². The summed E-state index contributed by atoms with van der Waals surface area (Å²) in [6.07, 6.45) is 30.1. The number of nitrogens with zero attached hydrogens (tertiary/aromatic N) is 1. The van der Waals surface area contributed by atoms with E-state index in [-0.39, 0.29) is 0 Å². The molecular weight excluding hydrogens is 413 g/mol. The van der Waals surface area contributed by atoms with Crippen molar-refractivity contribution in [2.45, 2.75) is 148 Å². The Balaban J connectivity index is 3.52. The van der Waals surface area contributed by atoms with E-state index in [1.807, 2.05) is 28.1 Å². The topological polar surface area (TPSA) is 40.1 Å². The highest BCUT2D eigenvalue weighted by atomic mass is 31.1. The van der Waals surface area contributed by atoms with E-state index < -0.39 is 13.3 Å². The van der Waals surface area contributed by atoms with Crippen LogP contribution in [0.2, 0.25) is 0 Å². The van der Waals surface area contributed by atoms with Gasteiger partial charge in [-0.15, -0.1) is 0 Å². The Kier molecular flexibility index (Phi) is 20.0. The normalized spacial score (nSPS) is 14.8. The third-order valence-electron chi connectivity index (χ3n) is 7.24. The van der Waals surface area contributed by atoms with E-state index in [9.17, 15) is 9.46 Å². The van der Waals surface area contributed by atoms with Gasteiger partial charge < -0.3 is 4.89 Å². The molecule has 190 valence electrons. The quantitative estimate of drug-likeness (QED) is 0.0647. The molecule has 32 heavy (non-hydrogen) atoms. The lowest BCUT2D eigenvalue weighted by Crippen LogP contribution is -2.55. The van der Waals surface area contributed by atoms with Gasteiger partial charge >= 0.3 is 8.03 Å². The fourth-order valence-corrected chi connectivity index (χ4v) is 5.90. The van der Waals surface area contributed by atoms with Crippen LogP contribution < -0.4 is 4.89 Å². The van der Waals surface area contributed by atoms with Gasteiger partial charge in [-0.05, 0) is 32.1 Å². The van der Waals surface area contributed by atoms with Gasteiger partial charge in [-0.1, -0.05) is 114 Å². The van der Waals surface area contributed by atoms with Crippen molar-refractivity contribution in [3.05, 3.63) is 12.2 Å². The molecule has 0 rings (SSSR count). The summed E-state index contributed by atoms with van der Waals surface area (Å²) in [4.78, 5) is 11.9. The highest BCUT2D eigenvalue weighted by Crippen LogP contribution is 2.44. The number of allylic oxidation sites excluding steroid dienone is 2. The van der Waals surface area contributed by atoms with Crippen molar-refractivity contribution in [3.8, 4) is 0 Å². The minimum Gasteiger partial charge on any atom is -0.590 e. The highest BCUT2D eigenvalue weighted by Gasteiger charge is 2.52. The molecule has 0 aromatic carbocycles. The van der Waals surface area contributed by atoms with Gasteiger partial charge in [-0.25, -0.2) is 0 Å². The van der Waals surface area contributed by atoms with Crippen LogP contribution in [-0.4, -0.2) is 30.9 Å². The molecule has 0 aliphatic carbocycles. The molecule has 0 aliphatic rings. The minimum atomic E-state index is -2.42. The van der Waals surface area contributed by atoms with Crippen LogP contribution in [0.25, 0.3) is 0 Å². The zero-order chi connectivity index (χ0) is 24.1. The average Bonchev–Trinajstić information content (AvgIpc) is 2.74. The van der Waals surface area contributed by atoms with Crippen LogP contribution in [0, 0.1) is 0 Å². The third-order valence-corrected chi connectivity index (χ3v) is 9.06. The predicted octanol–water partition coefficient (Wildman–Crippen LogP) is 8.89. The lowest BCUT2D eigenvalue weighted by Gasteiger charge is -2.39. The Labute approximate surface area is 202 Å². The average molecular weight is 471 g/mol. The lowest BCUT2D eigenvalue weighted by molar-refractivity contribution is -0.910. The minimum absolute atomic E-state index is 0.510. The number of hydrogen-bond acceptors (Lipinski definition) is 2. The summed E-state index contributed by atoms with van der Waals surface area (Å²) < 4.78 is 12.5. The van der Waals surface area contributed by atoms with Crippen LogP contribution in [-0.2, 0) is 4.57 Å². The van der Waals surface area contributed by atoms with E-state index in [0.717, 1.165) is 19.3 Å². The fourth-order valence-electron chi connectivity index (χ4n) is 4.81. The number of hydrogen-bond donors (Lipinski definition) is 0. The molecule has 0 heterocycles. The SMILES string of the molecule is CCCCCCCCC/C=C\CCCCCCCCCCCC(CC)([P+](=O)[O-])[N+](C)(C)C. The van der Waals surface area contributed by atoms with E-state index in [0.29, 0.717) is 10.9 Å². The molecular formula is C28H57NO2P+. The van der Waals surface area contributed by atoms with E-state index in [2.05, 4.69) is 19.1 Å². The maximum absolute atomic E-state index is 11.9. The summed E-state index contributed by atoms with van der Waals surface area (Å²) in [5, 5.41) is -0.599. The van der Waals surface area contributed by atoms with Crippen molar-refractivity contribution in [1.82, 2.24) is 0 Å². The first kappa shape index (κ1) is 31.8. The second-order valence-corrected chi connectivity index (χ2v) is 12.1. The van der Waals surface area contributed by atoms with Gasteiger partial charge in [-0.3, -0.25) is 4.48 Å². The zero-order valence-corrected chi connectivity index (χ0v) is 23.4. The van der Waals surface area contributed by atoms with E-state index >= 15 is 0 Å². The van der Waals surface area contributed by atoms with Crippen molar-refractivity contribution >= 4 is 8.03 Å².